The zero-order valence-electron chi connectivity index (χ0n) is 19.0. The SMILES string of the molecule is CN=C(NCC(OC)c1cccc(Cl)c1)NC1CCC(NC(=O)OC(C)(C)C)CC1.I. The zero-order valence-corrected chi connectivity index (χ0v) is 22.1. The first-order chi connectivity index (χ1) is 14.2. The number of alkyl carbamates (subject to hydrolysis) is 1. The Morgan fingerprint density at radius 1 is 1.19 bits per heavy atom. The Hall–Kier alpha value is -1.26. The van der Waals surface area contributed by atoms with Crippen molar-refractivity contribution in [1.82, 2.24) is 16.0 Å². The molecule has 1 aliphatic carbocycles. The number of halogens is 2. The first-order valence-corrected chi connectivity index (χ1v) is 10.8. The number of guanidine groups is 1. The summed E-state index contributed by atoms with van der Waals surface area (Å²) in [5.74, 6) is 0.739. The summed E-state index contributed by atoms with van der Waals surface area (Å²) in [5, 5.41) is 10.5. The molecule has 176 valence electrons. The Bertz CT molecular complexity index is 719. The molecule has 31 heavy (non-hydrogen) atoms. The first-order valence-electron chi connectivity index (χ1n) is 10.4. The van der Waals surface area contributed by atoms with E-state index in [0.29, 0.717) is 17.6 Å². The van der Waals surface area contributed by atoms with E-state index < -0.39 is 5.60 Å². The highest BCUT2D eigenvalue weighted by atomic mass is 127. The van der Waals surface area contributed by atoms with Gasteiger partial charge in [-0.05, 0) is 64.2 Å². The third-order valence-electron chi connectivity index (χ3n) is 4.97. The second-order valence-electron chi connectivity index (χ2n) is 8.57. The maximum Gasteiger partial charge on any atom is 0.407 e. The Morgan fingerprint density at radius 2 is 1.81 bits per heavy atom. The van der Waals surface area contributed by atoms with Crippen LogP contribution in [0.25, 0.3) is 0 Å². The van der Waals surface area contributed by atoms with E-state index in [0.717, 1.165) is 37.2 Å². The highest BCUT2D eigenvalue weighted by Gasteiger charge is 2.25. The molecule has 1 aromatic carbocycles. The van der Waals surface area contributed by atoms with Crippen molar-refractivity contribution >= 4 is 47.6 Å². The van der Waals surface area contributed by atoms with Gasteiger partial charge in [-0.3, -0.25) is 4.99 Å². The van der Waals surface area contributed by atoms with Crippen LogP contribution in [0.4, 0.5) is 4.79 Å². The lowest BCUT2D eigenvalue weighted by atomic mass is 9.91. The molecule has 3 N–H and O–H groups in total. The van der Waals surface area contributed by atoms with Crippen molar-refractivity contribution < 1.29 is 14.3 Å². The van der Waals surface area contributed by atoms with Crippen molar-refractivity contribution in [2.24, 2.45) is 4.99 Å². The van der Waals surface area contributed by atoms with Gasteiger partial charge in [-0.2, -0.15) is 0 Å². The van der Waals surface area contributed by atoms with E-state index in [2.05, 4.69) is 20.9 Å². The summed E-state index contributed by atoms with van der Waals surface area (Å²) >= 11 is 6.09. The van der Waals surface area contributed by atoms with Crippen LogP contribution in [0.5, 0.6) is 0 Å². The van der Waals surface area contributed by atoms with Gasteiger partial charge in [0.25, 0.3) is 0 Å². The molecule has 0 spiro atoms. The van der Waals surface area contributed by atoms with Gasteiger partial charge in [-0.25, -0.2) is 4.79 Å². The van der Waals surface area contributed by atoms with Crippen molar-refractivity contribution in [1.29, 1.82) is 0 Å². The summed E-state index contributed by atoms with van der Waals surface area (Å²) in [5.41, 5.74) is 0.535. The lowest BCUT2D eigenvalue weighted by Crippen LogP contribution is -2.48. The van der Waals surface area contributed by atoms with E-state index in [1.165, 1.54) is 0 Å². The molecule has 1 aromatic rings. The van der Waals surface area contributed by atoms with Crippen LogP contribution in [-0.4, -0.2) is 50.4 Å². The molecule has 7 nitrogen and oxygen atoms in total. The molecule has 0 aliphatic heterocycles. The third-order valence-corrected chi connectivity index (χ3v) is 5.21. The van der Waals surface area contributed by atoms with Crippen LogP contribution in [0.15, 0.2) is 29.3 Å². The quantitative estimate of drug-likeness (QED) is 0.265. The number of nitrogens with zero attached hydrogens (tertiary/aromatic N) is 1. The summed E-state index contributed by atoms with van der Waals surface area (Å²) in [7, 11) is 3.44. The normalized spacial score (nSPS) is 20.3. The van der Waals surface area contributed by atoms with Gasteiger partial charge >= 0.3 is 6.09 Å². The lowest BCUT2D eigenvalue weighted by Gasteiger charge is -2.31. The molecule has 0 saturated heterocycles. The molecule has 1 atom stereocenters. The highest BCUT2D eigenvalue weighted by molar-refractivity contribution is 14.0. The van der Waals surface area contributed by atoms with Crippen molar-refractivity contribution in [2.45, 2.75) is 70.2 Å². The van der Waals surface area contributed by atoms with Crippen molar-refractivity contribution in [3.8, 4) is 0 Å². The average molecular weight is 567 g/mol. The number of rotatable bonds is 6. The van der Waals surface area contributed by atoms with E-state index in [1.54, 1.807) is 14.2 Å². The van der Waals surface area contributed by atoms with Crippen LogP contribution in [0.2, 0.25) is 5.02 Å². The van der Waals surface area contributed by atoms with E-state index in [9.17, 15) is 4.79 Å². The van der Waals surface area contributed by atoms with Crippen molar-refractivity contribution in [3.05, 3.63) is 34.9 Å². The molecule has 1 unspecified atom stereocenters. The number of amides is 1. The Labute approximate surface area is 208 Å². The van der Waals surface area contributed by atoms with Gasteiger partial charge in [0, 0.05) is 37.8 Å². The number of carbonyl (C=O) groups excluding carboxylic acids is 1. The second kappa shape index (κ2) is 13.3. The van der Waals surface area contributed by atoms with Gasteiger partial charge in [-0.1, -0.05) is 23.7 Å². The molecule has 0 bridgehead atoms. The Balaban J connectivity index is 0.00000480. The molecular formula is C22H36ClIN4O3. The number of benzene rings is 1. The fraction of sp³-hybridized carbons (Fsp3) is 0.636. The zero-order chi connectivity index (χ0) is 22.1. The molecule has 0 aromatic heterocycles. The van der Waals surface area contributed by atoms with Gasteiger partial charge in [0.1, 0.15) is 5.60 Å². The van der Waals surface area contributed by atoms with E-state index in [1.807, 2.05) is 45.0 Å². The molecule has 9 heteroatoms. The van der Waals surface area contributed by atoms with E-state index >= 15 is 0 Å². The molecule has 0 heterocycles. The van der Waals surface area contributed by atoms with Crippen LogP contribution >= 0.6 is 35.6 Å². The van der Waals surface area contributed by atoms with Crippen LogP contribution < -0.4 is 16.0 Å². The first kappa shape index (κ1) is 27.8. The molecule has 1 amide bonds. The predicted octanol–water partition coefficient (Wildman–Crippen LogP) is 4.65. The van der Waals surface area contributed by atoms with Crippen LogP contribution in [-0.2, 0) is 9.47 Å². The lowest BCUT2D eigenvalue weighted by molar-refractivity contribution is 0.0490. The van der Waals surface area contributed by atoms with Crippen LogP contribution in [0.1, 0.15) is 58.1 Å². The summed E-state index contributed by atoms with van der Waals surface area (Å²) in [6, 6.07) is 8.12. The van der Waals surface area contributed by atoms with Gasteiger partial charge in [0.15, 0.2) is 5.96 Å². The van der Waals surface area contributed by atoms with Crippen LogP contribution in [0, 0.1) is 0 Å². The molecule has 2 rings (SSSR count). The van der Waals surface area contributed by atoms with Gasteiger partial charge in [0.05, 0.1) is 6.10 Å². The molecule has 1 fully saturated rings. The second-order valence-corrected chi connectivity index (χ2v) is 9.01. The number of aliphatic imine (C=N–C) groups is 1. The number of nitrogens with one attached hydrogen (secondary N) is 3. The summed E-state index contributed by atoms with van der Waals surface area (Å²) in [4.78, 5) is 16.3. The topological polar surface area (TPSA) is 84.0 Å². The fourth-order valence-corrected chi connectivity index (χ4v) is 3.68. The average Bonchev–Trinajstić information content (AvgIpc) is 2.67. The summed E-state index contributed by atoms with van der Waals surface area (Å²) in [6.45, 7) is 6.18. The predicted molar refractivity (Wildman–Crippen MR) is 137 cm³/mol. The Kier molecular flexibility index (Phi) is 11.9. The molecule has 1 aliphatic rings. The summed E-state index contributed by atoms with van der Waals surface area (Å²) in [6.07, 6.45) is 3.22. The van der Waals surface area contributed by atoms with E-state index in [-0.39, 0.29) is 42.2 Å². The van der Waals surface area contributed by atoms with Gasteiger partial charge in [-0.15, -0.1) is 24.0 Å². The van der Waals surface area contributed by atoms with Crippen molar-refractivity contribution in [3.63, 3.8) is 0 Å². The Morgan fingerprint density at radius 3 is 2.32 bits per heavy atom. The smallest absolute Gasteiger partial charge is 0.407 e. The number of hydrogen-bond acceptors (Lipinski definition) is 4. The molecular weight excluding hydrogens is 531 g/mol. The number of hydrogen-bond donors (Lipinski definition) is 3. The van der Waals surface area contributed by atoms with Crippen molar-refractivity contribution in [2.75, 3.05) is 20.7 Å². The largest absolute Gasteiger partial charge is 0.444 e. The number of methoxy groups -OCH3 is 1. The minimum Gasteiger partial charge on any atom is -0.444 e. The fourth-order valence-electron chi connectivity index (χ4n) is 3.48. The standard InChI is InChI=1S/C22H35ClN4O3.HI/c1-22(2,3)30-21(28)27-18-11-9-17(10-12-18)26-20(24-4)25-14-19(29-5)15-7-6-8-16(23)13-15;/h6-8,13,17-19H,9-12,14H2,1-5H3,(H,27,28)(H2,24,25,26);1H. The van der Waals surface area contributed by atoms with E-state index in [4.69, 9.17) is 21.1 Å². The number of carbonyl (C=O) groups is 1. The van der Waals surface area contributed by atoms with Gasteiger partial charge < -0.3 is 25.4 Å². The highest BCUT2D eigenvalue weighted by Crippen LogP contribution is 2.21. The van der Waals surface area contributed by atoms with Crippen LogP contribution in [0.3, 0.4) is 0 Å². The molecule has 0 radical (unpaired) electrons. The minimum atomic E-state index is -0.480. The maximum absolute atomic E-state index is 11.9. The van der Waals surface area contributed by atoms with Gasteiger partial charge in [0.2, 0.25) is 0 Å². The summed E-state index contributed by atoms with van der Waals surface area (Å²) < 4.78 is 10.9. The monoisotopic (exact) mass is 566 g/mol. The number of ether oxygens (including phenoxy) is 2. The molecule has 1 saturated carbocycles. The minimum absolute atomic E-state index is 0. The maximum atomic E-state index is 11.9. The third kappa shape index (κ3) is 10.3.